The van der Waals surface area contributed by atoms with Gasteiger partial charge in [-0.15, -0.1) is 11.3 Å². The van der Waals surface area contributed by atoms with Crippen molar-refractivity contribution < 1.29 is 5.11 Å². The Morgan fingerprint density at radius 3 is 2.77 bits per heavy atom. The van der Waals surface area contributed by atoms with E-state index in [1.807, 2.05) is 46.7 Å². The third-order valence-corrected chi connectivity index (χ3v) is 5.25. The van der Waals surface area contributed by atoms with Crippen LogP contribution in [0.5, 0.6) is 0 Å². The Hall–Kier alpha value is -2.70. The van der Waals surface area contributed by atoms with Crippen molar-refractivity contribution in [2.75, 3.05) is 6.54 Å². The highest BCUT2D eigenvalue weighted by Crippen LogP contribution is 2.33. The summed E-state index contributed by atoms with van der Waals surface area (Å²) in [5, 5.41) is 22.1. The summed E-state index contributed by atoms with van der Waals surface area (Å²) in [6.07, 6.45) is 3.48. The zero-order chi connectivity index (χ0) is 18.1. The van der Waals surface area contributed by atoms with E-state index in [0.717, 1.165) is 16.8 Å². The molecule has 0 amide bonds. The van der Waals surface area contributed by atoms with Crippen LogP contribution < -0.4 is 0 Å². The Morgan fingerprint density at radius 1 is 1.23 bits per heavy atom. The highest BCUT2D eigenvalue weighted by atomic mass is 35.5. The lowest BCUT2D eigenvalue weighted by molar-refractivity contribution is 0.347. The highest BCUT2D eigenvalue weighted by molar-refractivity contribution is 7.11. The summed E-state index contributed by atoms with van der Waals surface area (Å²) in [4.78, 5) is 10.5. The number of nitrogens with one attached hydrogen (secondary N) is 1. The lowest BCUT2D eigenvalue weighted by Gasteiger charge is -2.18. The van der Waals surface area contributed by atoms with Gasteiger partial charge in [0.25, 0.3) is 0 Å². The van der Waals surface area contributed by atoms with Gasteiger partial charge in [0.1, 0.15) is 16.6 Å². The Kier molecular flexibility index (Phi) is 4.44. The summed E-state index contributed by atoms with van der Waals surface area (Å²) >= 11 is 7.35. The molecule has 1 aliphatic heterocycles. The lowest BCUT2D eigenvalue weighted by atomic mass is 10.2. The molecule has 0 spiro atoms. The minimum Gasteiger partial charge on any atom is -0.510 e. The van der Waals surface area contributed by atoms with Crippen molar-refractivity contribution in [3.8, 4) is 11.3 Å². The number of aromatic nitrogens is 2. The van der Waals surface area contributed by atoms with Crippen LogP contribution in [0.2, 0.25) is 5.02 Å². The zero-order valence-electron chi connectivity index (χ0n) is 13.7. The molecule has 1 aromatic carbocycles. The molecule has 2 aromatic heterocycles. The largest absolute Gasteiger partial charge is 0.510 e. The van der Waals surface area contributed by atoms with Crippen LogP contribution in [0, 0.1) is 5.41 Å². The third kappa shape index (κ3) is 3.21. The second kappa shape index (κ2) is 6.90. The molecule has 1 aliphatic rings. The maximum Gasteiger partial charge on any atom is 0.135 e. The van der Waals surface area contributed by atoms with Gasteiger partial charge in [0, 0.05) is 34.9 Å². The van der Waals surface area contributed by atoms with E-state index in [2.05, 4.69) is 9.97 Å². The molecule has 0 saturated heterocycles. The Morgan fingerprint density at radius 2 is 2.04 bits per heavy atom. The number of hydrogen-bond donors (Lipinski definition) is 2. The molecule has 0 bridgehead atoms. The SMILES string of the molecule is N=C1C(c2nc(-c3ccc(Cl)cc3)cs2)=C(O)CN1Cc1cccnc1. The summed E-state index contributed by atoms with van der Waals surface area (Å²) in [6, 6.07) is 11.3. The number of amidine groups is 1. The molecule has 5 nitrogen and oxygen atoms in total. The number of aliphatic hydroxyl groups excluding tert-OH is 1. The van der Waals surface area contributed by atoms with E-state index in [1.54, 1.807) is 12.4 Å². The Balaban J connectivity index is 1.57. The van der Waals surface area contributed by atoms with Crippen molar-refractivity contribution in [1.82, 2.24) is 14.9 Å². The number of aliphatic hydroxyl groups is 1. The van der Waals surface area contributed by atoms with Crippen LogP contribution in [0.4, 0.5) is 0 Å². The molecule has 0 unspecified atom stereocenters. The predicted octanol–water partition coefficient (Wildman–Crippen LogP) is 4.62. The number of halogens is 1. The number of benzene rings is 1. The predicted molar refractivity (Wildman–Crippen MR) is 104 cm³/mol. The van der Waals surface area contributed by atoms with E-state index in [0.29, 0.717) is 28.7 Å². The average molecular weight is 383 g/mol. The number of nitrogens with zero attached hydrogens (tertiary/aromatic N) is 3. The van der Waals surface area contributed by atoms with Crippen LogP contribution in [0.1, 0.15) is 10.6 Å². The second-order valence-corrected chi connectivity index (χ2v) is 7.23. The number of thiazole rings is 1. The van der Waals surface area contributed by atoms with Crippen LogP contribution in [0.25, 0.3) is 16.8 Å². The lowest BCUT2D eigenvalue weighted by Crippen LogP contribution is -2.26. The van der Waals surface area contributed by atoms with E-state index in [1.165, 1.54) is 11.3 Å². The monoisotopic (exact) mass is 382 g/mol. The van der Waals surface area contributed by atoms with Crippen molar-refractivity contribution >= 4 is 34.3 Å². The standard InChI is InChI=1S/C19H15ClN4OS/c20-14-5-3-13(4-6-14)15-11-26-19(23-15)17-16(25)10-24(18(17)21)9-12-2-1-7-22-8-12/h1-8,11,21,25H,9-10H2. The van der Waals surface area contributed by atoms with E-state index < -0.39 is 0 Å². The van der Waals surface area contributed by atoms with Crippen molar-refractivity contribution in [3.63, 3.8) is 0 Å². The molecule has 4 rings (SSSR count). The smallest absolute Gasteiger partial charge is 0.135 e. The summed E-state index contributed by atoms with van der Waals surface area (Å²) in [7, 11) is 0. The van der Waals surface area contributed by atoms with Crippen LogP contribution >= 0.6 is 22.9 Å². The third-order valence-electron chi connectivity index (χ3n) is 4.14. The molecule has 7 heteroatoms. The van der Waals surface area contributed by atoms with Crippen LogP contribution in [-0.2, 0) is 6.54 Å². The van der Waals surface area contributed by atoms with Crippen molar-refractivity contribution in [2.24, 2.45) is 0 Å². The fraction of sp³-hybridized carbons (Fsp3) is 0.105. The highest BCUT2D eigenvalue weighted by Gasteiger charge is 2.30. The Labute approximate surface area is 159 Å². The van der Waals surface area contributed by atoms with E-state index >= 15 is 0 Å². The molecule has 0 fully saturated rings. The van der Waals surface area contributed by atoms with Crippen molar-refractivity contribution in [3.05, 3.63) is 75.5 Å². The summed E-state index contributed by atoms with van der Waals surface area (Å²) in [6.45, 7) is 0.828. The van der Waals surface area contributed by atoms with E-state index in [-0.39, 0.29) is 11.6 Å². The minimum absolute atomic E-state index is 0.177. The summed E-state index contributed by atoms with van der Waals surface area (Å²) < 4.78 is 0. The maximum atomic E-state index is 10.4. The molecule has 0 radical (unpaired) electrons. The van der Waals surface area contributed by atoms with Gasteiger partial charge < -0.3 is 10.0 Å². The van der Waals surface area contributed by atoms with Gasteiger partial charge >= 0.3 is 0 Å². The first-order chi connectivity index (χ1) is 12.6. The molecular weight excluding hydrogens is 368 g/mol. The minimum atomic E-state index is 0.177. The van der Waals surface area contributed by atoms with Crippen LogP contribution in [0.15, 0.2) is 59.9 Å². The molecule has 0 saturated carbocycles. The van der Waals surface area contributed by atoms with Gasteiger partial charge in [-0.05, 0) is 23.8 Å². The molecule has 3 aromatic rings. The number of rotatable bonds is 4. The van der Waals surface area contributed by atoms with Gasteiger partial charge in [-0.1, -0.05) is 29.8 Å². The zero-order valence-corrected chi connectivity index (χ0v) is 15.3. The second-order valence-electron chi connectivity index (χ2n) is 5.93. The van der Waals surface area contributed by atoms with Crippen molar-refractivity contribution in [1.29, 1.82) is 5.41 Å². The van der Waals surface area contributed by atoms with Gasteiger partial charge in [0.15, 0.2) is 0 Å². The molecule has 0 atom stereocenters. The van der Waals surface area contributed by atoms with Gasteiger partial charge in [0.2, 0.25) is 0 Å². The first-order valence-electron chi connectivity index (χ1n) is 7.98. The molecule has 0 aliphatic carbocycles. The van der Waals surface area contributed by atoms with Gasteiger partial charge in [-0.3, -0.25) is 10.4 Å². The van der Waals surface area contributed by atoms with Gasteiger partial charge in [-0.2, -0.15) is 0 Å². The van der Waals surface area contributed by atoms with Gasteiger partial charge in [-0.25, -0.2) is 4.98 Å². The molecular formula is C19H15ClN4OS. The topological polar surface area (TPSA) is 73.1 Å². The summed E-state index contributed by atoms with van der Waals surface area (Å²) in [5.74, 6) is 0.458. The van der Waals surface area contributed by atoms with Crippen LogP contribution in [-0.4, -0.2) is 32.4 Å². The average Bonchev–Trinajstić information content (AvgIpc) is 3.22. The molecule has 130 valence electrons. The number of hydrogen-bond acceptors (Lipinski definition) is 5. The molecule has 26 heavy (non-hydrogen) atoms. The van der Waals surface area contributed by atoms with E-state index in [9.17, 15) is 5.11 Å². The van der Waals surface area contributed by atoms with E-state index in [4.69, 9.17) is 17.0 Å². The van der Waals surface area contributed by atoms with Crippen LogP contribution in [0.3, 0.4) is 0 Å². The molecule has 2 N–H and O–H groups in total. The first-order valence-corrected chi connectivity index (χ1v) is 9.24. The van der Waals surface area contributed by atoms with Crippen molar-refractivity contribution in [2.45, 2.75) is 6.54 Å². The first kappa shape index (κ1) is 16.8. The normalized spacial score (nSPS) is 14.3. The Bertz CT molecular complexity index is 982. The molecule has 3 heterocycles. The fourth-order valence-electron chi connectivity index (χ4n) is 2.85. The quantitative estimate of drug-likeness (QED) is 0.690. The maximum absolute atomic E-state index is 10.4. The fourth-order valence-corrected chi connectivity index (χ4v) is 3.87. The number of pyridine rings is 1. The van der Waals surface area contributed by atoms with Gasteiger partial charge in [0.05, 0.1) is 17.8 Å². The summed E-state index contributed by atoms with van der Waals surface area (Å²) in [5.41, 5.74) is 3.25.